The Morgan fingerprint density at radius 3 is 2.55 bits per heavy atom. The Morgan fingerprint density at radius 2 is 1.91 bits per heavy atom. The van der Waals surface area contributed by atoms with Gasteiger partial charge in [-0.1, -0.05) is 17.7 Å². The number of carbonyl (C=O) groups is 1. The van der Waals surface area contributed by atoms with E-state index in [1.165, 1.54) is 5.56 Å². The fourth-order valence-electron chi connectivity index (χ4n) is 3.63. The molecular formula is C17H24N2O3. The summed E-state index contributed by atoms with van der Waals surface area (Å²) in [5, 5.41) is 10.5. The Morgan fingerprint density at radius 1 is 1.23 bits per heavy atom. The lowest BCUT2D eigenvalue weighted by molar-refractivity contribution is -0.131. The van der Waals surface area contributed by atoms with Gasteiger partial charge in [0.05, 0.1) is 6.04 Å². The lowest BCUT2D eigenvalue weighted by Crippen LogP contribution is -2.52. The summed E-state index contributed by atoms with van der Waals surface area (Å²) in [5.41, 5.74) is 3.38. The Bertz CT molecular complexity index is 580. The van der Waals surface area contributed by atoms with Crippen LogP contribution in [-0.2, 0) is 4.79 Å². The second kappa shape index (κ2) is 5.89. The molecule has 1 fully saturated rings. The van der Waals surface area contributed by atoms with Crippen LogP contribution >= 0.6 is 0 Å². The predicted octanol–water partition coefficient (Wildman–Crippen LogP) is 1.26. The predicted molar refractivity (Wildman–Crippen MR) is 84.0 cm³/mol. The lowest BCUT2D eigenvalue weighted by Gasteiger charge is -2.43. The van der Waals surface area contributed by atoms with Crippen LogP contribution in [0.4, 0.5) is 0 Å². The van der Waals surface area contributed by atoms with E-state index in [4.69, 9.17) is 4.74 Å². The van der Waals surface area contributed by atoms with Crippen LogP contribution in [0.1, 0.15) is 29.7 Å². The van der Waals surface area contributed by atoms with Gasteiger partial charge in [-0.25, -0.2) is 0 Å². The third-order valence-corrected chi connectivity index (χ3v) is 4.68. The first-order valence-electron chi connectivity index (χ1n) is 7.89. The number of hydrogen-bond donors (Lipinski definition) is 1. The summed E-state index contributed by atoms with van der Waals surface area (Å²) < 4.78 is 5.76. The van der Waals surface area contributed by atoms with E-state index >= 15 is 0 Å². The monoisotopic (exact) mass is 304 g/mol. The summed E-state index contributed by atoms with van der Waals surface area (Å²) in [6.07, 6.45) is -0.530. The van der Waals surface area contributed by atoms with Crippen molar-refractivity contribution in [3.8, 4) is 5.75 Å². The van der Waals surface area contributed by atoms with E-state index < -0.39 is 6.10 Å². The van der Waals surface area contributed by atoms with Crippen molar-refractivity contribution < 1.29 is 14.6 Å². The van der Waals surface area contributed by atoms with Crippen LogP contribution in [0.3, 0.4) is 0 Å². The molecule has 0 aromatic heterocycles. The fraction of sp³-hybridized carbons (Fsp3) is 0.588. The number of aliphatic hydroxyl groups is 1. The topological polar surface area (TPSA) is 53.0 Å². The number of benzene rings is 1. The molecule has 1 saturated heterocycles. The number of ether oxygens (including phenoxy) is 1. The van der Waals surface area contributed by atoms with Gasteiger partial charge >= 0.3 is 0 Å². The number of piperazine rings is 1. The van der Waals surface area contributed by atoms with Crippen LogP contribution in [0, 0.1) is 13.8 Å². The molecule has 0 spiro atoms. The van der Waals surface area contributed by atoms with Crippen LogP contribution in [0.2, 0.25) is 0 Å². The van der Waals surface area contributed by atoms with Crippen molar-refractivity contribution in [1.29, 1.82) is 0 Å². The molecule has 2 unspecified atom stereocenters. The first kappa shape index (κ1) is 15.3. The number of aliphatic hydroxyl groups excluding tert-OH is 1. The Labute approximate surface area is 131 Å². The summed E-state index contributed by atoms with van der Waals surface area (Å²) in [4.78, 5) is 15.6. The molecule has 1 aromatic carbocycles. The second-order valence-corrected chi connectivity index (χ2v) is 6.37. The molecule has 2 aliphatic rings. The number of nitrogens with zero attached hydrogens (tertiary/aromatic N) is 2. The van der Waals surface area contributed by atoms with Crippen LogP contribution in [0.15, 0.2) is 12.1 Å². The average molecular weight is 304 g/mol. The highest BCUT2D eigenvalue weighted by Gasteiger charge is 2.36. The van der Waals surface area contributed by atoms with Gasteiger partial charge < -0.3 is 14.7 Å². The highest BCUT2D eigenvalue weighted by atomic mass is 16.5. The smallest absolute Gasteiger partial charge is 0.219 e. The van der Waals surface area contributed by atoms with Gasteiger partial charge in [0, 0.05) is 38.7 Å². The van der Waals surface area contributed by atoms with Crippen LogP contribution < -0.4 is 4.74 Å². The number of hydrogen-bond acceptors (Lipinski definition) is 4. The minimum atomic E-state index is -0.530. The summed E-state index contributed by atoms with van der Waals surface area (Å²) in [6, 6.07) is 4.19. The van der Waals surface area contributed by atoms with Crippen LogP contribution in [0.25, 0.3) is 0 Å². The molecule has 2 heterocycles. The number of fused-ring (bicyclic) bond motifs is 1. The van der Waals surface area contributed by atoms with Gasteiger partial charge in [0.25, 0.3) is 0 Å². The minimum Gasteiger partial charge on any atom is -0.490 e. The van der Waals surface area contributed by atoms with Gasteiger partial charge in [-0.15, -0.1) is 0 Å². The van der Waals surface area contributed by atoms with Crippen molar-refractivity contribution in [3.63, 3.8) is 0 Å². The number of amides is 1. The largest absolute Gasteiger partial charge is 0.490 e. The van der Waals surface area contributed by atoms with Crippen molar-refractivity contribution in [3.05, 3.63) is 28.8 Å². The maximum atomic E-state index is 11.5. The second-order valence-electron chi connectivity index (χ2n) is 6.37. The van der Waals surface area contributed by atoms with E-state index in [2.05, 4.69) is 24.0 Å². The van der Waals surface area contributed by atoms with Crippen LogP contribution in [-0.4, -0.2) is 59.7 Å². The zero-order valence-electron chi connectivity index (χ0n) is 13.5. The van der Waals surface area contributed by atoms with Gasteiger partial charge in [-0.3, -0.25) is 9.69 Å². The van der Waals surface area contributed by atoms with Gasteiger partial charge in [0.1, 0.15) is 18.5 Å². The third kappa shape index (κ3) is 2.71. The van der Waals surface area contributed by atoms with Gasteiger partial charge in [-0.2, -0.15) is 0 Å². The molecule has 120 valence electrons. The third-order valence-electron chi connectivity index (χ3n) is 4.68. The van der Waals surface area contributed by atoms with E-state index in [1.54, 1.807) is 6.92 Å². The molecule has 3 rings (SSSR count). The van der Waals surface area contributed by atoms with Crippen LogP contribution in [0.5, 0.6) is 5.75 Å². The molecule has 1 aromatic rings. The SMILES string of the molecule is CC(=O)N1CCN(C2c3cc(C)cc(C)c3OCC2O)CC1. The fourth-order valence-corrected chi connectivity index (χ4v) is 3.63. The lowest BCUT2D eigenvalue weighted by atomic mass is 9.92. The average Bonchev–Trinajstić information content (AvgIpc) is 2.47. The van der Waals surface area contributed by atoms with Crippen molar-refractivity contribution in [1.82, 2.24) is 9.80 Å². The van der Waals surface area contributed by atoms with Gasteiger partial charge in [0.15, 0.2) is 0 Å². The zero-order valence-corrected chi connectivity index (χ0v) is 13.5. The minimum absolute atomic E-state index is 0.0449. The Hall–Kier alpha value is -1.59. The van der Waals surface area contributed by atoms with E-state index in [-0.39, 0.29) is 11.9 Å². The molecule has 1 N–H and O–H groups in total. The zero-order chi connectivity index (χ0) is 15.9. The van der Waals surface area contributed by atoms with Crippen molar-refractivity contribution in [2.24, 2.45) is 0 Å². The summed E-state index contributed by atoms with van der Waals surface area (Å²) in [7, 11) is 0. The first-order chi connectivity index (χ1) is 10.5. The maximum absolute atomic E-state index is 11.5. The molecule has 0 radical (unpaired) electrons. The normalized spacial score (nSPS) is 25.5. The maximum Gasteiger partial charge on any atom is 0.219 e. The molecule has 1 amide bonds. The summed E-state index contributed by atoms with van der Waals surface area (Å²) in [6.45, 7) is 9.07. The van der Waals surface area contributed by atoms with E-state index in [0.29, 0.717) is 6.61 Å². The van der Waals surface area contributed by atoms with Gasteiger partial charge in [0.2, 0.25) is 5.91 Å². The van der Waals surface area contributed by atoms with E-state index in [0.717, 1.165) is 43.1 Å². The van der Waals surface area contributed by atoms with Crippen molar-refractivity contribution in [2.45, 2.75) is 32.9 Å². The molecule has 2 atom stereocenters. The molecule has 2 aliphatic heterocycles. The molecule has 0 saturated carbocycles. The quantitative estimate of drug-likeness (QED) is 0.849. The summed E-state index contributed by atoms with van der Waals surface area (Å²) in [5.74, 6) is 1.04. The molecular weight excluding hydrogens is 280 g/mol. The number of carbonyl (C=O) groups excluding carboxylic acids is 1. The molecule has 5 heteroatoms. The number of aryl methyl sites for hydroxylation is 2. The van der Waals surface area contributed by atoms with E-state index in [1.807, 2.05) is 11.8 Å². The number of rotatable bonds is 1. The molecule has 5 nitrogen and oxygen atoms in total. The van der Waals surface area contributed by atoms with E-state index in [9.17, 15) is 9.90 Å². The Kier molecular flexibility index (Phi) is 4.10. The molecule has 0 bridgehead atoms. The highest BCUT2D eigenvalue weighted by molar-refractivity contribution is 5.73. The molecule has 22 heavy (non-hydrogen) atoms. The highest BCUT2D eigenvalue weighted by Crippen LogP contribution is 2.39. The molecule has 0 aliphatic carbocycles. The summed E-state index contributed by atoms with van der Waals surface area (Å²) >= 11 is 0. The first-order valence-corrected chi connectivity index (χ1v) is 7.89. The van der Waals surface area contributed by atoms with Crippen molar-refractivity contribution >= 4 is 5.91 Å². The van der Waals surface area contributed by atoms with Crippen molar-refractivity contribution in [2.75, 3.05) is 32.8 Å². The standard InChI is InChI=1S/C17H24N2O3/c1-11-8-12(2)17-14(9-11)16(15(21)10-22-17)19-6-4-18(5-7-19)13(3)20/h8-9,15-16,21H,4-7,10H2,1-3H3. The Balaban J connectivity index is 1.87. The van der Waals surface area contributed by atoms with Gasteiger partial charge in [-0.05, 0) is 19.4 Å².